The topological polar surface area (TPSA) is 58.9 Å². The molecule has 1 fully saturated rings. The van der Waals surface area contributed by atoms with Gasteiger partial charge in [-0.2, -0.15) is 0 Å². The lowest BCUT2D eigenvalue weighted by atomic mass is 10.1. The van der Waals surface area contributed by atoms with Gasteiger partial charge in [-0.1, -0.05) is 39.3 Å². The molecule has 4 heteroatoms. The van der Waals surface area contributed by atoms with Gasteiger partial charge < -0.3 is 9.94 Å². The lowest BCUT2D eigenvalue weighted by Gasteiger charge is -2.07. The largest absolute Gasteiger partial charge is 0.481 e. The summed E-state index contributed by atoms with van der Waals surface area (Å²) in [6, 6.07) is 0. The van der Waals surface area contributed by atoms with Gasteiger partial charge in [0.05, 0.1) is 5.92 Å². The van der Waals surface area contributed by atoms with E-state index in [1.165, 1.54) is 0 Å². The number of rotatable bonds is 7. The first-order valence-electron chi connectivity index (χ1n) is 6.29. The zero-order chi connectivity index (χ0) is 13.1. The van der Waals surface area contributed by atoms with Crippen LogP contribution in [0.2, 0.25) is 0 Å². The maximum atomic E-state index is 10.9. The SMILES string of the molecule is CCCC(C)CON=C[C@H]1[C@@H](C(=O)O)C1(C)C. The third-order valence-electron chi connectivity index (χ3n) is 3.61. The fourth-order valence-corrected chi connectivity index (χ4v) is 2.28. The number of aliphatic carboxylic acids is 1. The Morgan fingerprint density at radius 3 is 2.71 bits per heavy atom. The molecule has 0 aromatic heterocycles. The minimum absolute atomic E-state index is 0.00137. The van der Waals surface area contributed by atoms with Gasteiger partial charge in [-0.15, -0.1) is 0 Å². The molecule has 1 aliphatic rings. The molecule has 1 unspecified atom stereocenters. The Morgan fingerprint density at radius 1 is 1.59 bits per heavy atom. The molecule has 0 aromatic rings. The molecule has 1 N–H and O–H groups in total. The van der Waals surface area contributed by atoms with Crippen molar-refractivity contribution in [3.05, 3.63) is 0 Å². The fraction of sp³-hybridized carbons (Fsp3) is 0.846. The van der Waals surface area contributed by atoms with Crippen LogP contribution in [0.3, 0.4) is 0 Å². The van der Waals surface area contributed by atoms with Gasteiger partial charge in [0.2, 0.25) is 0 Å². The average molecular weight is 241 g/mol. The van der Waals surface area contributed by atoms with Gasteiger partial charge in [0, 0.05) is 12.1 Å². The summed E-state index contributed by atoms with van der Waals surface area (Å²) in [6.07, 6.45) is 3.92. The van der Waals surface area contributed by atoms with E-state index in [2.05, 4.69) is 19.0 Å². The highest BCUT2D eigenvalue weighted by molar-refractivity contribution is 5.84. The standard InChI is InChI=1S/C13H23NO3/c1-5-6-9(2)8-17-14-7-10-11(12(15)16)13(10,3)4/h7,9-11H,5-6,8H2,1-4H3,(H,15,16)/t9?,10-,11-/m0/s1. The average Bonchev–Trinajstić information content (AvgIpc) is 2.76. The minimum Gasteiger partial charge on any atom is -0.481 e. The predicted molar refractivity (Wildman–Crippen MR) is 66.9 cm³/mol. The van der Waals surface area contributed by atoms with Crippen LogP contribution < -0.4 is 0 Å². The van der Waals surface area contributed by atoms with Gasteiger partial charge >= 0.3 is 5.97 Å². The van der Waals surface area contributed by atoms with Crippen LogP contribution in [0.15, 0.2) is 5.16 Å². The molecule has 1 saturated carbocycles. The van der Waals surface area contributed by atoms with Crippen molar-refractivity contribution in [3.8, 4) is 0 Å². The highest BCUT2D eigenvalue weighted by atomic mass is 16.6. The number of carboxylic acids is 1. The molecule has 98 valence electrons. The van der Waals surface area contributed by atoms with Crippen LogP contribution in [0.5, 0.6) is 0 Å². The van der Waals surface area contributed by atoms with Crippen molar-refractivity contribution in [1.82, 2.24) is 0 Å². The fourth-order valence-electron chi connectivity index (χ4n) is 2.28. The minimum atomic E-state index is -0.745. The van der Waals surface area contributed by atoms with Gasteiger partial charge in [0.25, 0.3) is 0 Å². The molecule has 1 rings (SSSR count). The van der Waals surface area contributed by atoms with Crippen molar-refractivity contribution in [2.45, 2.75) is 40.5 Å². The molecule has 0 bridgehead atoms. The molecule has 0 saturated heterocycles. The van der Waals surface area contributed by atoms with E-state index >= 15 is 0 Å². The Hall–Kier alpha value is -1.06. The van der Waals surface area contributed by atoms with Crippen LogP contribution >= 0.6 is 0 Å². The monoisotopic (exact) mass is 241 g/mol. The first-order valence-corrected chi connectivity index (χ1v) is 6.29. The van der Waals surface area contributed by atoms with Gasteiger partial charge in [-0.05, 0) is 17.8 Å². The summed E-state index contributed by atoms with van der Waals surface area (Å²) in [6.45, 7) is 8.77. The lowest BCUT2D eigenvalue weighted by Crippen LogP contribution is -2.03. The maximum absolute atomic E-state index is 10.9. The molecule has 1 aliphatic carbocycles. The molecular weight excluding hydrogens is 218 g/mol. The molecule has 3 atom stereocenters. The Bertz CT molecular complexity index is 299. The van der Waals surface area contributed by atoms with E-state index < -0.39 is 5.97 Å². The van der Waals surface area contributed by atoms with E-state index in [9.17, 15) is 4.79 Å². The van der Waals surface area contributed by atoms with E-state index in [4.69, 9.17) is 9.94 Å². The molecule has 0 spiro atoms. The third-order valence-corrected chi connectivity index (χ3v) is 3.61. The highest BCUT2D eigenvalue weighted by Gasteiger charge is 2.61. The van der Waals surface area contributed by atoms with Gasteiger partial charge in [0.15, 0.2) is 0 Å². The second kappa shape index (κ2) is 5.52. The van der Waals surface area contributed by atoms with Crippen LogP contribution in [0.4, 0.5) is 0 Å². The molecule has 0 heterocycles. The molecule has 0 aromatic carbocycles. The summed E-state index contributed by atoms with van der Waals surface area (Å²) >= 11 is 0. The predicted octanol–water partition coefficient (Wildman–Crippen LogP) is 2.78. The van der Waals surface area contributed by atoms with E-state index in [1.807, 2.05) is 13.8 Å². The molecule has 0 amide bonds. The normalized spacial score (nSPS) is 28.0. The van der Waals surface area contributed by atoms with E-state index in [0.29, 0.717) is 12.5 Å². The van der Waals surface area contributed by atoms with E-state index in [1.54, 1.807) is 6.21 Å². The molecule has 0 aliphatic heterocycles. The number of carbonyl (C=O) groups is 1. The number of oxime groups is 1. The summed E-state index contributed by atoms with van der Waals surface area (Å²) in [7, 11) is 0. The van der Waals surface area contributed by atoms with E-state index in [0.717, 1.165) is 12.8 Å². The molecule has 4 nitrogen and oxygen atoms in total. The Labute approximate surface area is 103 Å². The number of nitrogens with zero attached hydrogens (tertiary/aromatic N) is 1. The number of carboxylic acid groups (broad SMARTS) is 1. The Morgan fingerprint density at radius 2 is 2.24 bits per heavy atom. The van der Waals surface area contributed by atoms with Crippen molar-refractivity contribution >= 4 is 12.2 Å². The molecular formula is C13H23NO3. The lowest BCUT2D eigenvalue weighted by molar-refractivity contribution is -0.139. The van der Waals surface area contributed by atoms with Crippen molar-refractivity contribution in [2.24, 2.45) is 28.3 Å². The van der Waals surface area contributed by atoms with Crippen molar-refractivity contribution in [2.75, 3.05) is 6.61 Å². The van der Waals surface area contributed by atoms with Gasteiger partial charge in [-0.25, -0.2) is 0 Å². The van der Waals surface area contributed by atoms with Crippen molar-refractivity contribution in [3.63, 3.8) is 0 Å². The van der Waals surface area contributed by atoms with Crippen molar-refractivity contribution in [1.29, 1.82) is 0 Å². The Kier molecular flexibility index (Phi) is 4.54. The highest BCUT2D eigenvalue weighted by Crippen LogP contribution is 2.57. The zero-order valence-corrected chi connectivity index (χ0v) is 11.1. The first-order chi connectivity index (χ1) is 7.91. The quantitative estimate of drug-likeness (QED) is 0.550. The van der Waals surface area contributed by atoms with Crippen LogP contribution in [-0.4, -0.2) is 23.9 Å². The smallest absolute Gasteiger partial charge is 0.307 e. The second-order valence-corrected chi connectivity index (χ2v) is 5.61. The Balaban J connectivity index is 2.29. The summed E-state index contributed by atoms with van der Waals surface area (Å²) in [4.78, 5) is 16.1. The zero-order valence-electron chi connectivity index (χ0n) is 11.1. The molecule has 0 radical (unpaired) electrons. The first kappa shape index (κ1) is 14.0. The summed E-state index contributed by atoms with van der Waals surface area (Å²) < 4.78 is 0. The van der Waals surface area contributed by atoms with Crippen molar-refractivity contribution < 1.29 is 14.7 Å². The molecule has 17 heavy (non-hydrogen) atoms. The van der Waals surface area contributed by atoms with Gasteiger partial charge in [-0.3, -0.25) is 4.79 Å². The summed E-state index contributed by atoms with van der Waals surface area (Å²) in [5, 5.41) is 12.9. The number of hydrogen-bond donors (Lipinski definition) is 1. The van der Waals surface area contributed by atoms with Crippen LogP contribution in [0, 0.1) is 23.2 Å². The summed E-state index contributed by atoms with van der Waals surface area (Å²) in [5.41, 5.74) is -0.187. The van der Waals surface area contributed by atoms with E-state index in [-0.39, 0.29) is 17.3 Å². The van der Waals surface area contributed by atoms with Gasteiger partial charge in [0.1, 0.15) is 6.61 Å². The maximum Gasteiger partial charge on any atom is 0.307 e. The second-order valence-electron chi connectivity index (χ2n) is 5.61. The third kappa shape index (κ3) is 3.45. The van der Waals surface area contributed by atoms with Crippen LogP contribution in [-0.2, 0) is 9.63 Å². The summed E-state index contributed by atoms with van der Waals surface area (Å²) in [5.74, 6) is -0.560. The van der Waals surface area contributed by atoms with Crippen LogP contribution in [0.25, 0.3) is 0 Å². The number of hydrogen-bond acceptors (Lipinski definition) is 3. The van der Waals surface area contributed by atoms with Crippen LogP contribution in [0.1, 0.15) is 40.5 Å².